The van der Waals surface area contributed by atoms with Crippen LogP contribution in [0.15, 0.2) is 36.5 Å². The van der Waals surface area contributed by atoms with E-state index in [0.717, 1.165) is 37.7 Å². The average Bonchev–Trinajstić information content (AvgIpc) is 2.49. The number of ether oxygens (including phenoxy) is 1. The van der Waals surface area contributed by atoms with Gasteiger partial charge in [0.25, 0.3) is 0 Å². The van der Waals surface area contributed by atoms with Gasteiger partial charge in [-0.2, -0.15) is 0 Å². The van der Waals surface area contributed by atoms with Crippen LogP contribution in [-0.4, -0.2) is 36.3 Å². The summed E-state index contributed by atoms with van der Waals surface area (Å²) in [6.07, 6.45) is 1.76. The number of hydrogen-bond acceptors (Lipinski definition) is 5. The van der Waals surface area contributed by atoms with Crippen LogP contribution in [0.3, 0.4) is 0 Å². The van der Waals surface area contributed by atoms with E-state index in [4.69, 9.17) is 4.74 Å². The Bertz CT molecular complexity index is 564. The smallest absolute Gasteiger partial charge is 0.227 e. The van der Waals surface area contributed by atoms with Crippen molar-refractivity contribution in [1.29, 1.82) is 0 Å². The van der Waals surface area contributed by atoms with E-state index in [0.29, 0.717) is 5.95 Å². The highest BCUT2D eigenvalue weighted by Crippen LogP contribution is 2.20. The number of hydrogen-bond donors (Lipinski definition) is 1. The third-order valence-corrected chi connectivity index (χ3v) is 3.29. The summed E-state index contributed by atoms with van der Waals surface area (Å²) >= 11 is 0. The zero-order valence-electron chi connectivity index (χ0n) is 11.5. The summed E-state index contributed by atoms with van der Waals surface area (Å²) in [5, 5.41) is 3.21. The van der Waals surface area contributed by atoms with E-state index in [2.05, 4.69) is 44.5 Å². The molecule has 0 amide bonds. The second kappa shape index (κ2) is 5.88. The SMILES string of the molecule is Cc1ccnc(Nc2ccc(N3CCOCC3)cc2)n1. The fourth-order valence-corrected chi connectivity index (χ4v) is 2.22. The van der Waals surface area contributed by atoms with Crippen molar-refractivity contribution < 1.29 is 4.74 Å². The van der Waals surface area contributed by atoms with E-state index in [-0.39, 0.29) is 0 Å². The van der Waals surface area contributed by atoms with E-state index in [1.807, 2.05) is 13.0 Å². The van der Waals surface area contributed by atoms with Gasteiger partial charge in [-0.05, 0) is 37.3 Å². The Morgan fingerprint density at radius 1 is 1.10 bits per heavy atom. The van der Waals surface area contributed by atoms with Gasteiger partial charge in [0.15, 0.2) is 0 Å². The van der Waals surface area contributed by atoms with Crippen LogP contribution in [0.4, 0.5) is 17.3 Å². The van der Waals surface area contributed by atoms with E-state index < -0.39 is 0 Å². The summed E-state index contributed by atoms with van der Waals surface area (Å²) in [5.41, 5.74) is 3.17. The fourth-order valence-electron chi connectivity index (χ4n) is 2.22. The molecule has 0 atom stereocenters. The first kappa shape index (κ1) is 12.9. The molecule has 1 aliphatic heterocycles. The van der Waals surface area contributed by atoms with Gasteiger partial charge in [-0.1, -0.05) is 0 Å². The largest absolute Gasteiger partial charge is 0.378 e. The summed E-state index contributed by atoms with van der Waals surface area (Å²) in [5.74, 6) is 0.629. The molecule has 0 unspecified atom stereocenters. The van der Waals surface area contributed by atoms with Crippen LogP contribution in [0.25, 0.3) is 0 Å². The lowest BCUT2D eigenvalue weighted by atomic mass is 10.2. The molecule has 1 aromatic carbocycles. The summed E-state index contributed by atoms with van der Waals surface area (Å²) in [7, 11) is 0. The molecule has 1 aliphatic rings. The van der Waals surface area contributed by atoms with Crippen LogP contribution in [0.2, 0.25) is 0 Å². The van der Waals surface area contributed by atoms with Gasteiger partial charge in [-0.3, -0.25) is 0 Å². The zero-order chi connectivity index (χ0) is 13.8. The monoisotopic (exact) mass is 270 g/mol. The molecule has 2 aromatic rings. The summed E-state index contributed by atoms with van der Waals surface area (Å²) in [6, 6.07) is 10.2. The van der Waals surface area contributed by atoms with Crippen LogP contribution < -0.4 is 10.2 Å². The molecular weight excluding hydrogens is 252 g/mol. The second-order valence-corrected chi connectivity index (χ2v) is 4.79. The van der Waals surface area contributed by atoms with Crippen molar-refractivity contribution in [2.45, 2.75) is 6.92 Å². The van der Waals surface area contributed by atoms with Gasteiger partial charge in [0.2, 0.25) is 5.95 Å². The van der Waals surface area contributed by atoms with Gasteiger partial charge in [-0.25, -0.2) is 9.97 Å². The molecule has 0 radical (unpaired) electrons. The topological polar surface area (TPSA) is 50.3 Å². The number of nitrogens with zero attached hydrogens (tertiary/aromatic N) is 3. The van der Waals surface area contributed by atoms with Gasteiger partial charge >= 0.3 is 0 Å². The Morgan fingerprint density at radius 3 is 2.55 bits per heavy atom. The Hall–Kier alpha value is -2.14. The van der Waals surface area contributed by atoms with E-state index in [1.54, 1.807) is 6.20 Å². The van der Waals surface area contributed by atoms with Crippen molar-refractivity contribution >= 4 is 17.3 Å². The van der Waals surface area contributed by atoms with Crippen molar-refractivity contribution in [3.63, 3.8) is 0 Å². The Kier molecular flexibility index (Phi) is 3.78. The Morgan fingerprint density at radius 2 is 1.85 bits per heavy atom. The van der Waals surface area contributed by atoms with Crippen molar-refractivity contribution in [1.82, 2.24) is 9.97 Å². The minimum absolute atomic E-state index is 0.629. The van der Waals surface area contributed by atoms with Crippen LogP contribution in [-0.2, 0) is 4.74 Å². The predicted molar refractivity (Wildman–Crippen MR) is 79.5 cm³/mol. The number of aromatic nitrogens is 2. The molecule has 5 heteroatoms. The number of rotatable bonds is 3. The highest BCUT2D eigenvalue weighted by Gasteiger charge is 2.10. The normalized spacial score (nSPS) is 15.2. The van der Waals surface area contributed by atoms with Crippen molar-refractivity contribution in [3.05, 3.63) is 42.2 Å². The highest BCUT2D eigenvalue weighted by molar-refractivity contribution is 5.59. The number of anilines is 3. The zero-order valence-corrected chi connectivity index (χ0v) is 11.5. The predicted octanol–water partition coefficient (Wildman–Crippen LogP) is 2.37. The summed E-state index contributed by atoms with van der Waals surface area (Å²) in [4.78, 5) is 10.9. The minimum Gasteiger partial charge on any atom is -0.378 e. The molecule has 0 bridgehead atoms. The molecule has 1 fully saturated rings. The fraction of sp³-hybridized carbons (Fsp3) is 0.333. The maximum atomic E-state index is 5.36. The quantitative estimate of drug-likeness (QED) is 0.928. The van der Waals surface area contributed by atoms with Crippen molar-refractivity contribution in [2.24, 2.45) is 0 Å². The Labute approximate surface area is 118 Å². The van der Waals surface area contributed by atoms with Crippen molar-refractivity contribution in [2.75, 3.05) is 36.5 Å². The molecule has 5 nitrogen and oxygen atoms in total. The second-order valence-electron chi connectivity index (χ2n) is 4.79. The molecule has 3 rings (SSSR count). The van der Waals surface area contributed by atoms with Crippen LogP contribution >= 0.6 is 0 Å². The number of benzene rings is 1. The van der Waals surface area contributed by atoms with Gasteiger partial charge in [0.1, 0.15) is 0 Å². The number of aryl methyl sites for hydroxylation is 1. The molecule has 1 saturated heterocycles. The number of nitrogens with one attached hydrogen (secondary N) is 1. The molecule has 0 spiro atoms. The number of morpholine rings is 1. The lowest BCUT2D eigenvalue weighted by Gasteiger charge is -2.28. The molecule has 2 heterocycles. The van der Waals surface area contributed by atoms with E-state index in [9.17, 15) is 0 Å². The first-order valence-corrected chi connectivity index (χ1v) is 6.81. The van der Waals surface area contributed by atoms with Crippen LogP contribution in [0.1, 0.15) is 5.69 Å². The van der Waals surface area contributed by atoms with E-state index in [1.165, 1.54) is 5.69 Å². The molecule has 1 aromatic heterocycles. The third-order valence-electron chi connectivity index (χ3n) is 3.29. The lowest BCUT2D eigenvalue weighted by Crippen LogP contribution is -2.36. The third kappa shape index (κ3) is 3.05. The first-order valence-electron chi connectivity index (χ1n) is 6.81. The molecule has 104 valence electrons. The molecule has 0 saturated carbocycles. The highest BCUT2D eigenvalue weighted by atomic mass is 16.5. The van der Waals surface area contributed by atoms with Crippen molar-refractivity contribution in [3.8, 4) is 0 Å². The first-order chi connectivity index (χ1) is 9.81. The van der Waals surface area contributed by atoms with Gasteiger partial charge in [0.05, 0.1) is 13.2 Å². The molecular formula is C15H18N4O. The van der Waals surface area contributed by atoms with E-state index >= 15 is 0 Å². The van der Waals surface area contributed by atoms with Gasteiger partial charge in [-0.15, -0.1) is 0 Å². The van der Waals surface area contributed by atoms with Gasteiger partial charge in [0, 0.05) is 36.4 Å². The molecule has 1 N–H and O–H groups in total. The summed E-state index contributed by atoms with van der Waals surface area (Å²) < 4.78 is 5.36. The summed E-state index contributed by atoms with van der Waals surface area (Å²) in [6.45, 7) is 5.46. The van der Waals surface area contributed by atoms with Crippen LogP contribution in [0, 0.1) is 6.92 Å². The minimum atomic E-state index is 0.629. The maximum Gasteiger partial charge on any atom is 0.227 e. The lowest BCUT2D eigenvalue weighted by molar-refractivity contribution is 0.122. The van der Waals surface area contributed by atoms with Crippen LogP contribution in [0.5, 0.6) is 0 Å². The molecule has 0 aliphatic carbocycles. The standard InChI is InChI=1S/C15H18N4O/c1-12-6-7-16-15(17-12)18-13-2-4-14(5-3-13)19-8-10-20-11-9-19/h2-7H,8-11H2,1H3,(H,16,17,18). The average molecular weight is 270 g/mol. The van der Waals surface area contributed by atoms with Gasteiger partial charge < -0.3 is 15.0 Å². The molecule has 20 heavy (non-hydrogen) atoms. The maximum absolute atomic E-state index is 5.36. The Balaban J connectivity index is 1.69.